The molecule has 2 aromatic carbocycles. The molecule has 0 amide bonds. The Kier molecular flexibility index (Phi) is 5.62. The van der Waals surface area contributed by atoms with Crippen LogP contribution in [0.15, 0.2) is 48.5 Å². The Balaban J connectivity index is 1.85. The molecule has 0 aliphatic carbocycles. The molecule has 0 saturated heterocycles. The summed E-state index contributed by atoms with van der Waals surface area (Å²) in [5.74, 6) is -0.276. The van der Waals surface area contributed by atoms with E-state index in [2.05, 4.69) is 0 Å². The summed E-state index contributed by atoms with van der Waals surface area (Å²) >= 11 is 0. The van der Waals surface area contributed by atoms with Gasteiger partial charge in [0, 0.05) is 17.7 Å². The summed E-state index contributed by atoms with van der Waals surface area (Å²) in [6.07, 6.45) is -0.0616. The zero-order valence-corrected chi connectivity index (χ0v) is 12.9. The Labute approximate surface area is 138 Å². The van der Waals surface area contributed by atoms with Crippen LogP contribution in [0.4, 0.5) is 5.69 Å². The number of carbonyl (C=O) groups is 2. The zero-order chi connectivity index (χ0) is 17.5. The summed E-state index contributed by atoms with van der Waals surface area (Å²) in [5.41, 5.74) is 0.934. The highest BCUT2D eigenvalue weighted by Crippen LogP contribution is 2.13. The zero-order valence-electron chi connectivity index (χ0n) is 12.9. The van der Waals surface area contributed by atoms with Gasteiger partial charge < -0.3 is 9.47 Å². The number of methoxy groups -OCH3 is 1. The van der Waals surface area contributed by atoms with Crippen molar-refractivity contribution >= 4 is 17.4 Å². The number of hydrogen-bond acceptors (Lipinski definition) is 6. The van der Waals surface area contributed by atoms with E-state index in [-0.39, 0.29) is 24.5 Å². The first kappa shape index (κ1) is 17.1. The highest BCUT2D eigenvalue weighted by Gasteiger charge is 2.12. The van der Waals surface area contributed by atoms with Crippen molar-refractivity contribution in [2.45, 2.75) is 6.42 Å². The maximum absolute atomic E-state index is 11.9. The number of nitro groups is 1. The quantitative estimate of drug-likeness (QED) is 0.335. The van der Waals surface area contributed by atoms with E-state index in [0.29, 0.717) is 16.9 Å². The average molecular weight is 329 g/mol. The number of carbonyl (C=O) groups excluding carboxylic acids is 2. The van der Waals surface area contributed by atoms with Gasteiger partial charge in [-0.3, -0.25) is 19.7 Å². The Morgan fingerprint density at radius 3 is 2.21 bits per heavy atom. The normalized spacial score (nSPS) is 10.0. The summed E-state index contributed by atoms with van der Waals surface area (Å²) in [5, 5.41) is 10.6. The molecular weight excluding hydrogens is 314 g/mol. The van der Waals surface area contributed by atoms with Crippen molar-refractivity contribution in [2.75, 3.05) is 13.7 Å². The van der Waals surface area contributed by atoms with Crippen LogP contribution in [-0.4, -0.2) is 30.4 Å². The number of ether oxygens (including phenoxy) is 2. The minimum absolute atomic E-state index is 0.0539. The largest absolute Gasteiger partial charge is 0.497 e. The van der Waals surface area contributed by atoms with Crippen molar-refractivity contribution in [1.82, 2.24) is 0 Å². The molecule has 0 spiro atoms. The molecule has 7 heteroatoms. The Morgan fingerprint density at radius 2 is 1.67 bits per heavy atom. The monoisotopic (exact) mass is 329 g/mol. The molecule has 0 radical (unpaired) electrons. The maximum atomic E-state index is 11.9. The van der Waals surface area contributed by atoms with Crippen LogP contribution in [0, 0.1) is 10.1 Å². The first-order valence-electron chi connectivity index (χ1n) is 7.06. The second-order valence-corrected chi connectivity index (χ2v) is 4.91. The lowest BCUT2D eigenvalue weighted by Gasteiger charge is -2.05. The molecule has 24 heavy (non-hydrogen) atoms. The van der Waals surface area contributed by atoms with Crippen LogP contribution >= 0.6 is 0 Å². The molecule has 0 N–H and O–H groups in total. The van der Waals surface area contributed by atoms with Gasteiger partial charge >= 0.3 is 5.97 Å². The maximum Gasteiger partial charge on any atom is 0.310 e. The van der Waals surface area contributed by atoms with Crippen LogP contribution in [-0.2, 0) is 16.0 Å². The lowest BCUT2D eigenvalue weighted by molar-refractivity contribution is -0.384. The van der Waals surface area contributed by atoms with E-state index in [4.69, 9.17) is 9.47 Å². The molecule has 0 bridgehead atoms. The number of Topliss-reactive ketones (excluding diaryl/α,β-unsaturated/α-hetero) is 1. The standard InChI is InChI=1S/C17H15NO6/c1-23-15-8-4-13(5-9-15)16(19)11-24-17(20)10-12-2-6-14(7-3-12)18(21)22/h2-9H,10-11H2,1H3. The molecule has 0 fully saturated rings. The molecular formula is C17H15NO6. The molecule has 0 saturated carbocycles. The Hall–Kier alpha value is -3.22. The minimum Gasteiger partial charge on any atom is -0.497 e. The lowest BCUT2D eigenvalue weighted by Crippen LogP contribution is -2.15. The summed E-state index contributed by atoms with van der Waals surface area (Å²) in [7, 11) is 1.52. The van der Waals surface area contributed by atoms with Crippen molar-refractivity contribution < 1.29 is 24.0 Å². The number of nitrogens with zero attached hydrogens (tertiary/aromatic N) is 1. The average Bonchev–Trinajstić information content (AvgIpc) is 2.60. The van der Waals surface area contributed by atoms with Gasteiger partial charge in [0.05, 0.1) is 18.5 Å². The summed E-state index contributed by atoms with van der Waals surface area (Å²) < 4.78 is 9.94. The van der Waals surface area contributed by atoms with Crippen molar-refractivity contribution in [2.24, 2.45) is 0 Å². The molecule has 2 aromatic rings. The molecule has 0 unspecified atom stereocenters. The highest BCUT2D eigenvalue weighted by molar-refractivity contribution is 5.98. The van der Waals surface area contributed by atoms with Crippen molar-refractivity contribution in [3.63, 3.8) is 0 Å². The van der Waals surface area contributed by atoms with Crippen LogP contribution in [0.25, 0.3) is 0 Å². The van der Waals surface area contributed by atoms with E-state index >= 15 is 0 Å². The molecule has 2 rings (SSSR count). The second kappa shape index (κ2) is 7.87. The fraction of sp³-hybridized carbons (Fsp3) is 0.176. The van der Waals surface area contributed by atoms with Gasteiger partial charge in [-0.1, -0.05) is 12.1 Å². The molecule has 0 heterocycles. The van der Waals surface area contributed by atoms with E-state index < -0.39 is 10.9 Å². The molecule has 0 atom stereocenters. The van der Waals surface area contributed by atoms with E-state index in [0.717, 1.165) is 0 Å². The first-order valence-corrected chi connectivity index (χ1v) is 7.06. The fourth-order valence-corrected chi connectivity index (χ4v) is 1.96. The third kappa shape index (κ3) is 4.64. The summed E-state index contributed by atoms with van der Waals surface area (Å²) in [6.45, 7) is -0.363. The lowest BCUT2D eigenvalue weighted by atomic mass is 10.1. The van der Waals surface area contributed by atoms with Crippen molar-refractivity contribution in [3.8, 4) is 5.75 Å². The molecule has 0 aliphatic rings. The molecule has 124 valence electrons. The topological polar surface area (TPSA) is 95.7 Å². The van der Waals surface area contributed by atoms with Crippen LogP contribution < -0.4 is 4.74 Å². The Bertz CT molecular complexity index is 737. The number of ketones is 1. The number of rotatable bonds is 7. The number of benzene rings is 2. The van der Waals surface area contributed by atoms with Crippen molar-refractivity contribution in [1.29, 1.82) is 0 Å². The predicted molar refractivity (Wildman–Crippen MR) is 85.1 cm³/mol. The van der Waals surface area contributed by atoms with E-state index in [1.807, 2.05) is 0 Å². The van der Waals surface area contributed by atoms with Gasteiger partial charge in [0.15, 0.2) is 12.4 Å². The Morgan fingerprint density at radius 1 is 1.04 bits per heavy atom. The minimum atomic E-state index is -0.578. The molecule has 0 aliphatic heterocycles. The predicted octanol–water partition coefficient (Wildman–Crippen LogP) is 2.57. The van der Waals surface area contributed by atoms with Gasteiger partial charge in [0.1, 0.15) is 5.75 Å². The molecule has 7 nitrogen and oxygen atoms in total. The third-order valence-corrected chi connectivity index (χ3v) is 3.27. The summed E-state index contributed by atoms with van der Waals surface area (Å²) in [6, 6.07) is 12.0. The van der Waals surface area contributed by atoms with Crippen LogP contribution in [0.2, 0.25) is 0 Å². The SMILES string of the molecule is COc1ccc(C(=O)COC(=O)Cc2ccc([N+](=O)[O-])cc2)cc1. The van der Waals surface area contributed by atoms with Crippen molar-refractivity contribution in [3.05, 3.63) is 69.8 Å². The second-order valence-electron chi connectivity index (χ2n) is 4.91. The van der Waals surface area contributed by atoms with E-state index in [1.165, 1.54) is 31.4 Å². The van der Waals surface area contributed by atoms with E-state index in [1.54, 1.807) is 24.3 Å². The van der Waals surface area contributed by atoms with Crippen LogP contribution in [0.3, 0.4) is 0 Å². The summed E-state index contributed by atoms with van der Waals surface area (Å²) in [4.78, 5) is 33.7. The molecule has 0 aromatic heterocycles. The van der Waals surface area contributed by atoms with Gasteiger partial charge in [-0.25, -0.2) is 0 Å². The smallest absolute Gasteiger partial charge is 0.310 e. The van der Waals surface area contributed by atoms with Crippen LogP contribution in [0.1, 0.15) is 15.9 Å². The highest BCUT2D eigenvalue weighted by atomic mass is 16.6. The number of hydrogen-bond donors (Lipinski definition) is 0. The number of non-ortho nitro benzene ring substituents is 1. The van der Waals surface area contributed by atoms with E-state index in [9.17, 15) is 19.7 Å². The van der Waals surface area contributed by atoms with Gasteiger partial charge in [-0.05, 0) is 29.8 Å². The third-order valence-electron chi connectivity index (χ3n) is 3.27. The number of nitro benzene ring substituents is 1. The first-order chi connectivity index (χ1) is 11.5. The number of esters is 1. The van der Waals surface area contributed by atoms with Gasteiger partial charge in [0.2, 0.25) is 0 Å². The van der Waals surface area contributed by atoms with Gasteiger partial charge in [0.25, 0.3) is 5.69 Å². The van der Waals surface area contributed by atoms with Gasteiger partial charge in [-0.15, -0.1) is 0 Å². The fourth-order valence-electron chi connectivity index (χ4n) is 1.96. The van der Waals surface area contributed by atoms with Crippen LogP contribution in [0.5, 0.6) is 5.75 Å². The van der Waals surface area contributed by atoms with Gasteiger partial charge in [-0.2, -0.15) is 0 Å².